The van der Waals surface area contributed by atoms with Crippen LogP contribution in [-0.4, -0.2) is 17.0 Å². The molecule has 4 atom stereocenters. The first-order chi connectivity index (χ1) is 9.59. The minimum Gasteiger partial charge on any atom is -0.389 e. The van der Waals surface area contributed by atoms with E-state index in [9.17, 15) is 9.90 Å². The highest BCUT2D eigenvalue weighted by Gasteiger charge is 2.52. The van der Waals surface area contributed by atoms with E-state index in [2.05, 4.69) is 19.1 Å². The predicted octanol–water partition coefficient (Wildman–Crippen LogP) is 3.33. The molecule has 0 radical (unpaired) electrons. The molecule has 0 bridgehead atoms. The zero-order valence-corrected chi connectivity index (χ0v) is 12.1. The fourth-order valence-corrected chi connectivity index (χ4v) is 4.95. The Kier molecular flexibility index (Phi) is 2.62. The second kappa shape index (κ2) is 4.17. The van der Waals surface area contributed by atoms with Crippen molar-refractivity contribution in [3.8, 4) is 0 Å². The van der Waals surface area contributed by atoms with Crippen LogP contribution in [0, 0.1) is 17.3 Å². The number of fused-ring (bicyclic) bond motifs is 5. The average Bonchev–Trinajstić information content (AvgIpc) is 2.74. The summed E-state index contributed by atoms with van der Waals surface area (Å²) in [5, 5.41) is 9.78. The van der Waals surface area contributed by atoms with Crippen LogP contribution < -0.4 is 0 Å². The smallest absolute Gasteiger partial charge is 0.139 e. The van der Waals surface area contributed by atoms with Crippen molar-refractivity contribution in [3.05, 3.63) is 34.9 Å². The molecule has 0 aromatic carbocycles. The highest BCUT2D eigenvalue weighted by atomic mass is 16.3. The van der Waals surface area contributed by atoms with Crippen molar-refractivity contribution in [2.75, 3.05) is 0 Å². The minimum absolute atomic E-state index is 0.0850. The van der Waals surface area contributed by atoms with Crippen LogP contribution in [0.4, 0.5) is 0 Å². The first kappa shape index (κ1) is 12.6. The molecular formula is C18H22O2. The zero-order chi connectivity index (χ0) is 13.9. The van der Waals surface area contributed by atoms with Gasteiger partial charge in [0.15, 0.2) is 0 Å². The number of hydrogen-bond donors (Lipinski definition) is 1. The lowest BCUT2D eigenvalue weighted by Gasteiger charge is -2.45. The van der Waals surface area contributed by atoms with E-state index in [4.69, 9.17) is 0 Å². The molecule has 2 saturated carbocycles. The van der Waals surface area contributed by atoms with Crippen LogP contribution in [0.15, 0.2) is 34.9 Å². The summed E-state index contributed by atoms with van der Waals surface area (Å²) < 4.78 is 0. The Balaban J connectivity index is 1.74. The molecule has 0 aromatic rings. The van der Waals surface area contributed by atoms with Crippen LogP contribution in [-0.2, 0) is 4.79 Å². The Morgan fingerprint density at radius 3 is 3.00 bits per heavy atom. The van der Waals surface area contributed by atoms with E-state index in [1.807, 2.05) is 6.08 Å². The van der Waals surface area contributed by atoms with Crippen LogP contribution in [0.1, 0.15) is 45.4 Å². The fraction of sp³-hybridized carbons (Fsp3) is 0.611. The van der Waals surface area contributed by atoms with Crippen molar-refractivity contribution < 1.29 is 9.90 Å². The molecule has 2 heteroatoms. The van der Waals surface area contributed by atoms with E-state index in [0.29, 0.717) is 17.6 Å². The molecule has 0 aliphatic heterocycles. The van der Waals surface area contributed by atoms with Gasteiger partial charge in [-0.25, -0.2) is 0 Å². The van der Waals surface area contributed by atoms with Gasteiger partial charge in [0.1, 0.15) is 5.78 Å². The highest BCUT2D eigenvalue weighted by molar-refractivity contribution is 5.88. The van der Waals surface area contributed by atoms with Gasteiger partial charge in [-0.15, -0.1) is 0 Å². The summed E-state index contributed by atoms with van der Waals surface area (Å²) in [7, 11) is 0. The molecular weight excluding hydrogens is 248 g/mol. The lowest BCUT2D eigenvalue weighted by atomic mass is 9.58. The summed E-state index contributed by atoms with van der Waals surface area (Å²) in [5.41, 5.74) is 4.22. The monoisotopic (exact) mass is 270 g/mol. The first-order valence-corrected chi connectivity index (χ1v) is 7.92. The molecule has 0 amide bonds. The van der Waals surface area contributed by atoms with E-state index in [-0.39, 0.29) is 11.5 Å². The van der Waals surface area contributed by atoms with Crippen LogP contribution in [0.25, 0.3) is 0 Å². The summed E-state index contributed by atoms with van der Waals surface area (Å²) in [6.07, 6.45) is 12.0. The molecule has 4 aliphatic rings. The SMILES string of the molecule is C[C@]12CCC3C4=CCC(O)C=C4CC=C3C1CCC2=O. The van der Waals surface area contributed by atoms with Crippen molar-refractivity contribution in [3.63, 3.8) is 0 Å². The quantitative estimate of drug-likeness (QED) is 0.686. The molecule has 0 heterocycles. The summed E-state index contributed by atoms with van der Waals surface area (Å²) in [6.45, 7) is 2.19. The Morgan fingerprint density at radius 1 is 1.30 bits per heavy atom. The Labute approximate surface area is 120 Å². The summed E-state index contributed by atoms with van der Waals surface area (Å²) in [6, 6.07) is 0. The maximum atomic E-state index is 12.2. The average molecular weight is 270 g/mol. The third kappa shape index (κ3) is 1.57. The van der Waals surface area contributed by atoms with Gasteiger partial charge < -0.3 is 5.11 Å². The molecule has 2 nitrogen and oxygen atoms in total. The number of rotatable bonds is 0. The number of hydrogen-bond acceptors (Lipinski definition) is 2. The number of aliphatic hydroxyl groups excluding tert-OH is 1. The highest BCUT2D eigenvalue weighted by Crippen LogP contribution is 2.57. The van der Waals surface area contributed by atoms with E-state index in [1.54, 1.807) is 0 Å². The normalized spacial score (nSPS) is 43.0. The molecule has 106 valence electrons. The number of ketones is 1. The van der Waals surface area contributed by atoms with Gasteiger partial charge in [0, 0.05) is 17.8 Å². The van der Waals surface area contributed by atoms with Crippen LogP contribution in [0.2, 0.25) is 0 Å². The summed E-state index contributed by atoms with van der Waals surface area (Å²) in [4.78, 5) is 12.2. The second-order valence-electron chi connectivity index (χ2n) is 7.09. The van der Waals surface area contributed by atoms with Crippen molar-refractivity contribution in [2.45, 2.75) is 51.6 Å². The van der Waals surface area contributed by atoms with Crippen LogP contribution >= 0.6 is 0 Å². The van der Waals surface area contributed by atoms with Crippen molar-refractivity contribution in [1.82, 2.24) is 0 Å². The van der Waals surface area contributed by atoms with Crippen LogP contribution in [0.5, 0.6) is 0 Å². The van der Waals surface area contributed by atoms with Gasteiger partial charge in [-0.05, 0) is 49.2 Å². The maximum Gasteiger partial charge on any atom is 0.139 e. The molecule has 4 aliphatic carbocycles. The largest absolute Gasteiger partial charge is 0.389 e. The van der Waals surface area contributed by atoms with Crippen molar-refractivity contribution in [1.29, 1.82) is 0 Å². The Bertz CT molecular complexity index is 566. The first-order valence-electron chi connectivity index (χ1n) is 7.92. The zero-order valence-electron chi connectivity index (χ0n) is 12.1. The van der Waals surface area contributed by atoms with E-state index < -0.39 is 0 Å². The lowest BCUT2D eigenvalue weighted by Crippen LogP contribution is -2.38. The van der Waals surface area contributed by atoms with Crippen molar-refractivity contribution in [2.24, 2.45) is 17.3 Å². The predicted molar refractivity (Wildman–Crippen MR) is 78.1 cm³/mol. The number of allylic oxidation sites excluding steroid dienone is 4. The van der Waals surface area contributed by atoms with Gasteiger partial charge in [0.25, 0.3) is 0 Å². The van der Waals surface area contributed by atoms with E-state index in [0.717, 1.165) is 38.5 Å². The fourth-order valence-electron chi connectivity index (χ4n) is 4.95. The molecule has 3 unspecified atom stereocenters. The van der Waals surface area contributed by atoms with Crippen molar-refractivity contribution >= 4 is 5.78 Å². The molecule has 2 fully saturated rings. The topological polar surface area (TPSA) is 37.3 Å². The van der Waals surface area contributed by atoms with Gasteiger partial charge >= 0.3 is 0 Å². The number of Topliss-reactive ketones (excluding diaryl/α,β-unsaturated/α-hetero) is 1. The summed E-state index contributed by atoms with van der Waals surface area (Å²) >= 11 is 0. The molecule has 20 heavy (non-hydrogen) atoms. The number of carbonyl (C=O) groups is 1. The molecule has 0 saturated heterocycles. The van der Waals surface area contributed by atoms with Gasteiger partial charge in [0.05, 0.1) is 6.10 Å². The van der Waals surface area contributed by atoms with Gasteiger partial charge in [-0.1, -0.05) is 30.7 Å². The Morgan fingerprint density at radius 2 is 2.15 bits per heavy atom. The van der Waals surface area contributed by atoms with Gasteiger partial charge in [0.2, 0.25) is 0 Å². The standard InChI is InChI=1S/C18H22O2/c1-18-9-8-14-13-5-3-12(19)10-11(13)2-4-15(14)16(18)6-7-17(18)20/h4-5,10,12,14,16,19H,2-3,6-9H2,1H3/t12?,14?,16?,18-/m0/s1. The van der Waals surface area contributed by atoms with Gasteiger partial charge in [-0.3, -0.25) is 4.79 Å². The summed E-state index contributed by atoms with van der Waals surface area (Å²) in [5.74, 6) is 1.48. The number of aliphatic hydroxyl groups is 1. The van der Waals surface area contributed by atoms with E-state index in [1.165, 1.54) is 16.7 Å². The molecule has 0 aromatic heterocycles. The molecule has 4 rings (SSSR count). The van der Waals surface area contributed by atoms with Crippen LogP contribution in [0.3, 0.4) is 0 Å². The maximum absolute atomic E-state index is 12.2. The second-order valence-corrected chi connectivity index (χ2v) is 7.09. The van der Waals surface area contributed by atoms with Gasteiger partial charge in [-0.2, -0.15) is 0 Å². The minimum atomic E-state index is -0.300. The lowest BCUT2D eigenvalue weighted by molar-refractivity contribution is -0.127. The van der Waals surface area contributed by atoms with E-state index >= 15 is 0 Å². The third-order valence-corrected chi connectivity index (χ3v) is 6.10. The molecule has 1 N–H and O–H groups in total. The molecule has 0 spiro atoms. The number of carbonyl (C=O) groups excluding carboxylic acids is 1. The Hall–Kier alpha value is -1.15. The third-order valence-electron chi connectivity index (χ3n) is 6.10.